The van der Waals surface area contributed by atoms with E-state index in [1.165, 1.54) is 12.1 Å². The van der Waals surface area contributed by atoms with E-state index in [0.717, 1.165) is 39.2 Å². The highest BCUT2D eigenvalue weighted by molar-refractivity contribution is 8.28. The highest BCUT2D eigenvalue weighted by Crippen LogP contribution is 2.62. The van der Waals surface area contributed by atoms with Gasteiger partial charge in [-0.05, 0) is 65.6 Å². The molecule has 1 aliphatic carbocycles. The van der Waals surface area contributed by atoms with Gasteiger partial charge in [0, 0.05) is 45.7 Å². The van der Waals surface area contributed by atoms with Gasteiger partial charge < -0.3 is 9.64 Å². The van der Waals surface area contributed by atoms with E-state index in [4.69, 9.17) is 4.74 Å². The molecule has 4 aromatic rings. The molecule has 0 unspecified atom stereocenters. The predicted octanol–water partition coefficient (Wildman–Crippen LogP) is 8.71. The predicted molar refractivity (Wildman–Crippen MR) is 199 cm³/mol. The molecule has 2 aliphatic heterocycles. The van der Waals surface area contributed by atoms with Gasteiger partial charge >= 0.3 is 6.09 Å². The van der Waals surface area contributed by atoms with E-state index in [-0.39, 0.29) is 28.3 Å². The first-order valence-corrected chi connectivity index (χ1v) is 19.5. The van der Waals surface area contributed by atoms with E-state index >= 15 is 0 Å². The maximum absolute atomic E-state index is 13.3. The molecule has 0 bridgehead atoms. The van der Waals surface area contributed by atoms with Crippen LogP contribution in [0.3, 0.4) is 0 Å². The molecule has 262 valence electrons. The fourth-order valence-corrected chi connectivity index (χ4v) is 9.24. The smallest absolute Gasteiger partial charge is 0.412 e. The number of rotatable bonds is 8. The molecular formula is C39H36N2O8S2. The maximum atomic E-state index is 13.3. The number of nitrogens with zero attached hydrogens (tertiary/aromatic N) is 1. The number of fused-ring (bicyclic) bond motifs is 5. The molecule has 0 aromatic heterocycles. The summed E-state index contributed by atoms with van der Waals surface area (Å²) in [4.78, 5) is 28.3. The Bertz CT molecular complexity index is 2250. The van der Waals surface area contributed by atoms with Crippen LogP contribution >= 0.6 is 10.6 Å². The first-order valence-electron chi connectivity index (χ1n) is 16.3. The van der Waals surface area contributed by atoms with Crippen LogP contribution in [0.25, 0.3) is 11.1 Å². The molecule has 12 heteroatoms. The van der Waals surface area contributed by atoms with Gasteiger partial charge in [-0.3, -0.25) is 23.8 Å². The minimum Gasteiger partial charge on any atom is -0.436 e. The molecule has 0 radical (unpaired) electrons. The van der Waals surface area contributed by atoms with Crippen molar-refractivity contribution in [2.45, 2.75) is 36.7 Å². The third-order valence-corrected chi connectivity index (χ3v) is 12.2. The Labute approximate surface area is 297 Å². The standard InChI is InChI=1S/C39H36N2O8S2/c1-39(2)31-24-25(40-38(43)49-37-28-14-5-3-12-26(28)27-13-4-6-15-29(27)37)20-21-32(31)41(22-11-23-50(44,45)46)35(39)19-10-9-18-34-36(42)30-16-7-8-17-33(30)51(34,47)48/h3-10,12-21,24,37,47-48H,11,22-23H2,1-2H3,(H,40,43)(H,44,45,46)/b10-9+,34-18-,35-19-. The van der Waals surface area contributed by atoms with Gasteiger partial charge in [-0.25, -0.2) is 4.79 Å². The van der Waals surface area contributed by atoms with Crippen LogP contribution in [0, 0.1) is 0 Å². The van der Waals surface area contributed by atoms with Crippen molar-refractivity contribution in [2.24, 2.45) is 0 Å². The molecule has 4 aromatic carbocycles. The number of anilines is 2. The minimum absolute atomic E-state index is 0.0930. The summed E-state index contributed by atoms with van der Waals surface area (Å²) in [7, 11) is -7.63. The van der Waals surface area contributed by atoms with Crippen molar-refractivity contribution in [1.29, 1.82) is 0 Å². The number of hydrogen-bond acceptors (Lipinski definition) is 8. The fourth-order valence-electron chi connectivity index (χ4n) is 7.13. The van der Waals surface area contributed by atoms with Crippen LogP contribution < -0.4 is 10.2 Å². The lowest BCUT2D eigenvalue weighted by molar-refractivity contribution is 0.104. The van der Waals surface area contributed by atoms with Crippen LogP contribution in [-0.2, 0) is 20.3 Å². The molecule has 4 N–H and O–H groups in total. The van der Waals surface area contributed by atoms with Gasteiger partial charge in [0.05, 0.1) is 10.6 Å². The van der Waals surface area contributed by atoms with Gasteiger partial charge in [-0.2, -0.15) is 8.42 Å². The number of allylic oxidation sites excluding steroid dienone is 6. The molecular weight excluding hydrogens is 689 g/mol. The molecule has 10 nitrogen and oxygen atoms in total. The number of nitrogens with one attached hydrogen (secondary N) is 1. The summed E-state index contributed by atoms with van der Waals surface area (Å²) in [6, 6.07) is 27.6. The van der Waals surface area contributed by atoms with Crippen molar-refractivity contribution in [3.05, 3.63) is 148 Å². The van der Waals surface area contributed by atoms with Crippen LogP contribution in [0.15, 0.2) is 131 Å². The lowest BCUT2D eigenvalue weighted by Crippen LogP contribution is -2.28. The molecule has 51 heavy (non-hydrogen) atoms. The van der Waals surface area contributed by atoms with Crippen molar-refractivity contribution < 1.29 is 36.4 Å². The van der Waals surface area contributed by atoms with E-state index in [9.17, 15) is 31.7 Å². The molecule has 0 saturated heterocycles. The second-order valence-electron chi connectivity index (χ2n) is 13.1. The maximum Gasteiger partial charge on any atom is 0.412 e. The first kappa shape index (κ1) is 34.5. The summed E-state index contributed by atoms with van der Waals surface area (Å²) in [6.07, 6.45) is 5.44. The Balaban J connectivity index is 1.15. The molecule has 0 spiro atoms. The molecule has 7 rings (SSSR count). The largest absolute Gasteiger partial charge is 0.436 e. The topological polar surface area (TPSA) is 153 Å². The average Bonchev–Trinajstić information content (AvgIpc) is 3.59. The molecule has 0 saturated carbocycles. The van der Waals surface area contributed by atoms with E-state index in [2.05, 4.69) is 5.32 Å². The SMILES string of the molecule is CC1(C)/C(=C/C=C/C=C2/C(=O)c3ccccc3S2(O)O)N(CCCS(=O)(=O)O)c2ccc(NC(=O)OC3c4ccccc4-c4ccccc43)cc21. The number of benzene rings is 4. The number of amides is 1. The Kier molecular flexibility index (Phi) is 8.76. The van der Waals surface area contributed by atoms with E-state index in [0.29, 0.717) is 5.69 Å². The number of carbonyl (C=O) groups is 2. The summed E-state index contributed by atoms with van der Waals surface area (Å²) in [6.45, 7) is 4.25. The Hall–Kier alpha value is -4.98. The van der Waals surface area contributed by atoms with Gasteiger partial charge in [0.25, 0.3) is 10.1 Å². The highest BCUT2D eigenvalue weighted by Gasteiger charge is 2.41. The highest BCUT2D eigenvalue weighted by atomic mass is 32.3. The number of hydrogen-bond donors (Lipinski definition) is 4. The lowest BCUT2D eigenvalue weighted by Gasteiger charge is -2.28. The van der Waals surface area contributed by atoms with Crippen molar-refractivity contribution in [1.82, 2.24) is 0 Å². The number of ether oxygens (including phenoxy) is 1. The fraction of sp³-hybridized carbons (Fsp3) is 0.179. The summed E-state index contributed by atoms with van der Waals surface area (Å²) < 4.78 is 60.2. The first-order chi connectivity index (χ1) is 24.3. The zero-order valence-electron chi connectivity index (χ0n) is 27.8. The van der Waals surface area contributed by atoms with Crippen LogP contribution in [0.4, 0.5) is 16.2 Å². The molecule has 2 heterocycles. The van der Waals surface area contributed by atoms with Crippen LogP contribution in [-0.4, -0.2) is 46.3 Å². The minimum atomic E-state index is -4.18. The summed E-state index contributed by atoms with van der Waals surface area (Å²) >= 11 is 0. The van der Waals surface area contributed by atoms with E-state index in [1.807, 2.05) is 85.5 Å². The molecule has 0 atom stereocenters. The van der Waals surface area contributed by atoms with Gasteiger partial charge in [0.2, 0.25) is 5.78 Å². The zero-order valence-corrected chi connectivity index (χ0v) is 29.4. The van der Waals surface area contributed by atoms with Crippen LogP contribution in [0.2, 0.25) is 0 Å². The Morgan fingerprint density at radius 1 is 0.902 bits per heavy atom. The molecule has 1 amide bonds. The molecule has 3 aliphatic rings. The third-order valence-electron chi connectivity index (χ3n) is 9.51. The van der Waals surface area contributed by atoms with E-state index < -0.39 is 49.9 Å². The number of Topliss-reactive ketones (excluding diaryl/α,β-unsaturated/α-hetero) is 1. The normalized spacial score (nSPS) is 19.2. The van der Waals surface area contributed by atoms with Crippen molar-refractivity contribution in [3.63, 3.8) is 0 Å². The zero-order chi connectivity index (χ0) is 36.1. The van der Waals surface area contributed by atoms with Crippen molar-refractivity contribution >= 4 is 44.0 Å². The quantitative estimate of drug-likeness (QED) is 0.103. The Morgan fingerprint density at radius 2 is 1.51 bits per heavy atom. The average molecular weight is 725 g/mol. The second kappa shape index (κ2) is 13.0. The number of carbonyl (C=O) groups excluding carboxylic acids is 2. The van der Waals surface area contributed by atoms with Gasteiger partial charge in [-0.15, -0.1) is 10.6 Å². The summed E-state index contributed by atoms with van der Waals surface area (Å²) in [5.41, 5.74) is 6.44. The van der Waals surface area contributed by atoms with Gasteiger partial charge in [0.1, 0.15) is 4.91 Å². The van der Waals surface area contributed by atoms with Gasteiger partial charge in [-0.1, -0.05) is 86.7 Å². The summed E-state index contributed by atoms with van der Waals surface area (Å²) in [5.74, 6) is -0.864. The van der Waals surface area contributed by atoms with Crippen LogP contribution in [0.5, 0.6) is 0 Å². The van der Waals surface area contributed by atoms with E-state index in [1.54, 1.807) is 36.4 Å². The van der Waals surface area contributed by atoms with Crippen molar-refractivity contribution in [3.8, 4) is 11.1 Å². The Morgan fingerprint density at radius 3 is 2.16 bits per heavy atom. The summed E-state index contributed by atoms with van der Waals surface area (Å²) in [5, 5.41) is 2.88. The third kappa shape index (κ3) is 6.30. The van der Waals surface area contributed by atoms with Crippen LogP contribution in [0.1, 0.15) is 53.4 Å². The second-order valence-corrected chi connectivity index (χ2v) is 16.6. The molecule has 0 fully saturated rings. The lowest BCUT2D eigenvalue weighted by atomic mass is 9.83. The number of ketones is 1. The monoisotopic (exact) mass is 724 g/mol. The van der Waals surface area contributed by atoms with Gasteiger partial charge in [0.15, 0.2) is 6.10 Å². The van der Waals surface area contributed by atoms with Crippen molar-refractivity contribution in [2.75, 3.05) is 22.5 Å².